The molecule has 1 rings (SSSR count). The van der Waals surface area contributed by atoms with Crippen LogP contribution < -0.4 is 10.6 Å². The SMILES string of the molecule is CCCC[C@H](NC(=O)NCC1CCS(=O)(=O)C1)C(=O)O. The number of hydrogen-bond donors (Lipinski definition) is 3. The summed E-state index contributed by atoms with van der Waals surface area (Å²) in [4.78, 5) is 22.6. The second kappa shape index (κ2) is 7.47. The number of rotatable bonds is 7. The molecule has 0 bridgehead atoms. The van der Waals surface area contributed by atoms with Gasteiger partial charge in [0.15, 0.2) is 9.84 Å². The maximum Gasteiger partial charge on any atom is 0.326 e. The summed E-state index contributed by atoms with van der Waals surface area (Å²) in [6.07, 6.45) is 2.50. The van der Waals surface area contributed by atoms with Gasteiger partial charge in [-0.2, -0.15) is 0 Å². The summed E-state index contributed by atoms with van der Waals surface area (Å²) in [5, 5.41) is 13.9. The van der Waals surface area contributed by atoms with Gasteiger partial charge in [0.2, 0.25) is 0 Å². The molecule has 0 saturated carbocycles. The van der Waals surface area contributed by atoms with Gasteiger partial charge in [-0.05, 0) is 18.8 Å². The minimum Gasteiger partial charge on any atom is -0.480 e. The Kier molecular flexibility index (Phi) is 6.25. The lowest BCUT2D eigenvalue weighted by Crippen LogP contribution is -2.47. The van der Waals surface area contributed by atoms with Crippen molar-refractivity contribution in [3.8, 4) is 0 Å². The van der Waals surface area contributed by atoms with Crippen LogP contribution in [0, 0.1) is 5.92 Å². The molecule has 8 heteroatoms. The Labute approximate surface area is 119 Å². The van der Waals surface area contributed by atoms with E-state index >= 15 is 0 Å². The van der Waals surface area contributed by atoms with Gasteiger partial charge in [-0.1, -0.05) is 19.8 Å². The van der Waals surface area contributed by atoms with Gasteiger partial charge in [-0.25, -0.2) is 18.0 Å². The molecule has 0 radical (unpaired) electrons. The number of carboxylic acid groups (broad SMARTS) is 1. The molecule has 1 aliphatic heterocycles. The standard InChI is InChI=1S/C12H22N2O5S/c1-2-3-4-10(11(15)16)14-12(17)13-7-9-5-6-20(18,19)8-9/h9-10H,2-8H2,1H3,(H,15,16)(H2,13,14,17)/t9?,10-/m0/s1. The number of amides is 2. The Bertz CT molecular complexity index is 449. The molecule has 0 aliphatic carbocycles. The van der Waals surface area contributed by atoms with Crippen LogP contribution >= 0.6 is 0 Å². The van der Waals surface area contributed by atoms with E-state index in [-0.39, 0.29) is 24.0 Å². The van der Waals surface area contributed by atoms with Crippen molar-refractivity contribution in [2.24, 2.45) is 5.92 Å². The van der Waals surface area contributed by atoms with Crippen molar-refractivity contribution < 1.29 is 23.1 Å². The minimum absolute atomic E-state index is 0.0790. The first-order valence-electron chi connectivity index (χ1n) is 6.81. The lowest BCUT2D eigenvalue weighted by Gasteiger charge is -2.16. The number of unbranched alkanes of at least 4 members (excludes halogenated alkanes) is 1. The molecule has 1 unspecified atom stereocenters. The van der Waals surface area contributed by atoms with Crippen molar-refractivity contribution in [3.63, 3.8) is 0 Å². The zero-order valence-corrected chi connectivity index (χ0v) is 12.4. The number of urea groups is 1. The zero-order chi connectivity index (χ0) is 15.2. The molecule has 1 heterocycles. The van der Waals surface area contributed by atoms with E-state index in [1.807, 2.05) is 6.92 Å². The van der Waals surface area contributed by atoms with Crippen LogP contribution in [-0.2, 0) is 14.6 Å². The first-order chi connectivity index (χ1) is 9.34. The predicted octanol–water partition coefficient (Wildman–Crippen LogP) is 0.364. The van der Waals surface area contributed by atoms with Crippen LogP contribution in [0.2, 0.25) is 0 Å². The fourth-order valence-corrected chi connectivity index (χ4v) is 4.01. The second-order valence-electron chi connectivity index (χ2n) is 5.16. The second-order valence-corrected chi connectivity index (χ2v) is 7.39. The van der Waals surface area contributed by atoms with E-state index in [4.69, 9.17) is 5.11 Å². The molecule has 0 aromatic heterocycles. The van der Waals surface area contributed by atoms with E-state index in [2.05, 4.69) is 10.6 Å². The summed E-state index contributed by atoms with van der Waals surface area (Å²) in [5.74, 6) is -0.887. The van der Waals surface area contributed by atoms with Crippen LogP contribution in [0.3, 0.4) is 0 Å². The molecule has 2 atom stereocenters. The Hall–Kier alpha value is -1.31. The fraction of sp³-hybridized carbons (Fsp3) is 0.833. The summed E-state index contributed by atoms with van der Waals surface area (Å²) < 4.78 is 22.5. The number of carbonyl (C=O) groups excluding carboxylic acids is 1. The Morgan fingerprint density at radius 2 is 2.10 bits per heavy atom. The highest BCUT2D eigenvalue weighted by molar-refractivity contribution is 7.91. The average molecular weight is 306 g/mol. The van der Waals surface area contributed by atoms with Gasteiger partial charge in [0, 0.05) is 6.54 Å². The maximum absolute atomic E-state index is 11.6. The highest BCUT2D eigenvalue weighted by Crippen LogP contribution is 2.17. The van der Waals surface area contributed by atoms with Crippen molar-refractivity contribution >= 4 is 21.8 Å². The van der Waals surface area contributed by atoms with Crippen LogP contribution in [0.25, 0.3) is 0 Å². The lowest BCUT2D eigenvalue weighted by atomic mass is 10.1. The molecular weight excluding hydrogens is 284 g/mol. The van der Waals surface area contributed by atoms with Crippen LogP contribution in [0.4, 0.5) is 4.79 Å². The van der Waals surface area contributed by atoms with Crippen molar-refractivity contribution in [2.75, 3.05) is 18.1 Å². The Morgan fingerprint density at radius 3 is 2.60 bits per heavy atom. The van der Waals surface area contributed by atoms with Crippen LogP contribution in [0.5, 0.6) is 0 Å². The van der Waals surface area contributed by atoms with E-state index in [0.29, 0.717) is 12.8 Å². The summed E-state index contributed by atoms with van der Waals surface area (Å²) in [7, 11) is -2.96. The van der Waals surface area contributed by atoms with Crippen LogP contribution in [-0.4, -0.2) is 49.6 Å². The van der Waals surface area contributed by atoms with Crippen LogP contribution in [0.1, 0.15) is 32.6 Å². The fourth-order valence-electron chi connectivity index (χ4n) is 2.14. The highest BCUT2D eigenvalue weighted by atomic mass is 32.2. The largest absolute Gasteiger partial charge is 0.480 e. The predicted molar refractivity (Wildman–Crippen MR) is 74.2 cm³/mol. The van der Waals surface area contributed by atoms with Gasteiger partial charge >= 0.3 is 12.0 Å². The number of aliphatic carboxylic acids is 1. The summed E-state index contributed by atoms with van der Waals surface area (Å²) in [5.41, 5.74) is 0. The third kappa shape index (κ3) is 5.77. The molecule has 20 heavy (non-hydrogen) atoms. The average Bonchev–Trinajstić information content (AvgIpc) is 2.71. The molecule has 7 nitrogen and oxygen atoms in total. The summed E-state index contributed by atoms with van der Waals surface area (Å²) in [6, 6.07) is -1.46. The van der Waals surface area contributed by atoms with Gasteiger partial charge in [0.1, 0.15) is 6.04 Å². The topological polar surface area (TPSA) is 113 Å². The zero-order valence-electron chi connectivity index (χ0n) is 11.6. The maximum atomic E-state index is 11.6. The van der Waals surface area contributed by atoms with Gasteiger partial charge in [0.05, 0.1) is 11.5 Å². The lowest BCUT2D eigenvalue weighted by molar-refractivity contribution is -0.139. The molecule has 2 amide bonds. The molecule has 0 aromatic carbocycles. The number of carbonyl (C=O) groups is 2. The van der Waals surface area contributed by atoms with Crippen molar-refractivity contribution in [2.45, 2.75) is 38.6 Å². The van der Waals surface area contributed by atoms with E-state index in [1.54, 1.807) is 0 Å². The summed E-state index contributed by atoms with van der Waals surface area (Å²) in [6.45, 7) is 2.20. The Morgan fingerprint density at radius 1 is 1.40 bits per heavy atom. The molecule has 116 valence electrons. The van der Waals surface area contributed by atoms with E-state index in [1.165, 1.54) is 0 Å². The van der Waals surface area contributed by atoms with Crippen molar-refractivity contribution in [1.29, 1.82) is 0 Å². The van der Waals surface area contributed by atoms with Crippen LogP contribution in [0.15, 0.2) is 0 Å². The van der Waals surface area contributed by atoms with Crippen molar-refractivity contribution in [3.05, 3.63) is 0 Å². The van der Waals surface area contributed by atoms with E-state index in [0.717, 1.165) is 12.8 Å². The third-order valence-electron chi connectivity index (χ3n) is 3.33. The summed E-state index contributed by atoms with van der Waals surface area (Å²) >= 11 is 0. The molecule has 0 aromatic rings. The minimum atomic E-state index is -2.96. The normalized spacial score (nSPS) is 22.1. The third-order valence-corrected chi connectivity index (χ3v) is 5.16. The highest BCUT2D eigenvalue weighted by Gasteiger charge is 2.28. The quantitative estimate of drug-likeness (QED) is 0.629. The smallest absolute Gasteiger partial charge is 0.326 e. The number of sulfone groups is 1. The number of carboxylic acids is 1. The van der Waals surface area contributed by atoms with Gasteiger partial charge in [-0.15, -0.1) is 0 Å². The molecular formula is C12H22N2O5S. The van der Waals surface area contributed by atoms with E-state index < -0.39 is 27.9 Å². The molecule has 1 fully saturated rings. The first kappa shape index (κ1) is 16.7. The molecule has 1 aliphatic rings. The molecule has 1 saturated heterocycles. The van der Waals surface area contributed by atoms with Crippen molar-refractivity contribution in [1.82, 2.24) is 10.6 Å². The first-order valence-corrected chi connectivity index (χ1v) is 8.63. The van der Waals surface area contributed by atoms with Gasteiger partial charge in [0.25, 0.3) is 0 Å². The monoisotopic (exact) mass is 306 g/mol. The molecule has 3 N–H and O–H groups in total. The number of hydrogen-bond acceptors (Lipinski definition) is 4. The van der Waals surface area contributed by atoms with Gasteiger partial charge < -0.3 is 15.7 Å². The van der Waals surface area contributed by atoms with Gasteiger partial charge in [-0.3, -0.25) is 0 Å². The molecule has 0 spiro atoms. The Balaban J connectivity index is 2.33. The number of nitrogens with one attached hydrogen (secondary N) is 2. The van der Waals surface area contributed by atoms with E-state index in [9.17, 15) is 18.0 Å².